The summed E-state index contributed by atoms with van der Waals surface area (Å²) < 4.78 is 57.7. The fourth-order valence-corrected chi connectivity index (χ4v) is 9.16. The van der Waals surface area contributed by atoms with Gasteiger partial charge in [-0.2, -0.15) is 18.6 Å². The summed E-state index contributed by atoms with van der Waals surface area (Å²) >= 11 is 1.92. The summed E-state index contributed by atoms with van der Waals surface area (Å²) in [6.45, 7) is 29.1. The van der Waals surface area contributed by atoms with E-state index >= 15 is 0 Å². The summed E-state index contributed by atoms with van der Waals surface area (Å²) in [6.07, 6.45) is 1.26. The Kier molecular flexibility index (Phi) is 20.8. The Morgan fingerprint density at radius 1 is 0.616 bits per heavy atom. The predicted molar refractivity (Wildman–Crippen MR) is 307 cm³/mol. The Morgan fingerprint density at radius 2 is 1.00 bits per heavy atom. The summed E-state index contributed by atoms with van der Waals surface area (Å²) in [5.41, 5.74) is -7.42. The van der Waals surface area contributed by atoms with Crippen LogP contribution < -0.4 is 26.6 Å². The summed E-state index contributed by atoms with van der Waals surface area (Å²) in [7, 11) is -4.99. The van der Waals surface area contributed by atoms with Gasteiger partial charge in [0.2, 0.25) is 17.1 Å². The summed E-state index contributed by atoms with van der Waals surface area (Å²) in [5, 5.41) is 31.7. The van der Waals surface area contributed by atoms with Crippen molar-refractivity contribution in [3.05, 3.63) is 46.5 Å². The van der Waals surface area contributed by atoms with Gasteiger partial charge in [-0.15, -0.1) is 22.7 Å². The maximum atomic E-state index is 13.6. The number of nitrogens with one attached hydrogen (secondary N) is 5. The third-order valence-electron chi connectivity index (χ3n) is 10.7. The van der Waals surface area contributed by atoms with Crippen molar-refractivity contribution in [3.63, 3.8) is 0 Å². The molecule has 0 saturated carbocycles. The fourth-order valence-electron chi connectivity index (χ4n) is 6.93. The molecule has 0 radical (unpaired) electrons. The van der Waals surface area contributed by atoms with Crippen molar-refractivity contribution in [2.24, 2.45) is 10.3 Å². The number of oxime groups is 2. The Labute approximate surface area is 503 Å². The second kappa shape index (κ2) is 26.2. The number of esters is 2. The highest BCUT2D eigenvalue weighted by molar-refractivity contribution is 7.84. The molecular weight excluding hydrogens is 1190 g/mol. The van der Waals surface area contributed by atoms with Crippen molar-refractivity contribution in [2.75, 3.05) is 10.6 Å². The van der Waals surface area contributed by atoms with Crippen LogP contribution >= 0.6 is 22.7 Å². The number of anilines is 2. The largest absolute Gasteiger partial charge is 0.457 e. The van der Waals surface area contributed by atoms with Crippen LogP contribution in [-0.2, 0) is 80.8 Å². The van der Waals surface area contributed by atoms with E-state index in [1.54, 1.807) is 102 Å². The highest BCUT2D eigenvalue weighted by Gasteiger charge is 2.55. The van der Waals surface area contributed by atoms with Gasteiger partial charge in [0, 0.05) is 10.8 Å². The fraction of sp³-hybridized carbons (Fsp3) is 0.600. The molecule has 0 unspecified atom stereocenters. The van der Waals surface area contributed by atoms with Gasteiger partial charge in [-0.25, -0.2) is 43.4 Å². The predicted octanol–water partition coefficient (Wildman–Crippen LogP) is 3.34. The van der Waals surface area contributed by atoms with E-state index in [0.29, 0.717) is 11.6 Å². The van der Waals surface area contributed by atoms with Crippen LogP contribution in [0, 0.1) is 13.8 Å². The van der Waals surface area contributed by atoms with Crippen LogP contribution in [0.2, 0.25) is 0 Å². The lowest BCUT2D eigenvalue weighted by Crippen LogP contribution is -2.73. The lowest BCUT2D eigenvalue weighted by molar-refractivity contribution is -0.180. The molecule has 0 aromatic carbocycles. The Hall–Kier alpha value is -8.25. The molecule has 6 heterocycles. The third-order valence-corrected chi connectivity index (χ3v) is 13.2. The van der Waals surface area contributed by atoms with Crippen LogP contribution in [0.5, 0.6) is 0 Å². The molecule has 4 aromatic heterocycles. The monoisotopic (exact) mass is 1260 g/mol. The van der Waals surface area contributed by atoms with Gasteiger partial charge >= 0.3 is 34.4 Å². The molecule has 0 aliphatic carbocycles. The second-order valence-corrected chi connectivity index (χ2v) is 27.1. The molecule has 6 amide bonds. The number of rotatable bonds is 19. The van der Waals surface area contributed by atoms with Gasteiger partial charge in [0.25, 0.3) is 17.7 Å². The maximum absolute atomic E-state index is 13.6. The van der Waals surface area contributed by atoms with Gasteiger partial charge in [0.1, 0.15) is 70.2 Å². The first-order valence-corrected chi connectivity index (χ1v) is 29.3. The average Bonchev–Trinajstić information content (AvgIpc) is 1.03. The molecule has 2 aliphatic heterocycles. The highest BCUT2D eigenvalue weighted by atomic mass is 32.2. The molecule has 472 valence electrons. The molecule has 86 heavy (non-hydrogen) atoms. The van der Waals surface area contributed by atoms with Gasteiger partial charge in [-0.05, 0) is 125 Å². The van der Waals surface area contributed by atoms with E-state index in [1.165, 1.54) is 55.8 Å². The van der Waals surface area contributed by atoms with Crippen LogP contribution in [0.1, 0.15) is 134 Å². The van der Waals surface area contributed by atoms with E-state index in [-0.39, 0.29) is 44.8 Å². The molecule has 36 heteroatoms. The molecular formula is C50H72N16O17S3. The van der Waals surface area contributed by atoms with Crippen LogP contribution in [0.15, 0.2) is 33.7 Å². The van der Waals surface area contributed by atoms with Crippen molar-refractivity contribution in [1.29, 1.82) is 0 Å². The van der Waals surface area contributed by atoms with Gasteiger partial charge in [0.05, 0.1) is 25.2 Å². The first-order chi connectivity index (χ1) is 39.3. The Morgan fingerprint density at radius 3 is 1.35 bits per heavy atom. The van der Waals surface area contributed by atoms with Crippen LogP contribution in [0.4, 0.5) is 19.9 Å². The van der Waals surface area contributed by atoms with Gasteiger partial charge in [-0.3, -0.25) is 43.7 Å². The van der Waals surface area contributed by atoms with E-state index in [1.807, 2.05) is 0 Å². The number of thiazole rings is 2. The first kappa shape index (κ1) is 68.5. The summed E-state index contributed by atoms with van der Waals surface area (Å²) in [4.78, 5) is 129. The standard InChI is InChI=1S/C25H36N8O10S2.C25H36N8O7S/c1-13-26-12-32(30-13)10-15-17(19(35)33(15)45(38,39)40)28-18(34)16(31-43-25(8,9)20(36)41-23(2,3)4)14-11-44-21(27-14)29-22(37)42-24(5,6)7;1-13-26-12-33(31-13)10-14-16(18(34)27-14)29-19(35)17(32-40-25(8,9)20(36)38-23(2,3)4)15-11-41-21(28-15)30-22(37)39-24(5,6)7/h11-12,15,17H,10H2,1-9H3,(H,28,34)(H,27,29,37)(H,38,39,40);11-12,14,16H,10H2,1-9H3,(H,27,34)(H,29,35)(H,28,30,37)/b31-16-;32-17-/t15-,17+;14-,16+/m11/s1. The van der Waals surface area contributed by atoms with E-state index in [2.05, 4.69) is 67.0 Å². The number of aryl methyl sites for hydroxylation is 2. The van der Waals surface area contributed by atoms with Gasteiger partial charge < -0.3 is 44.6 Å². The highest BCUT2D eigenvalue weighted by Crippen LogP contribution is 2.27. The number of hydrogen-bond acceptors (Lipinski definition) is 26. The number of nitrogens with zero attached hydrogens (tertiary/aromatic N) is 11. The van der Waals surface area contributed by atoms with E-state index in [9.17, 15) is 51.3 Å². The van der Waals surface area contributed by atoms with Gasteiger partial charge in [-0.1, -0.05) is 10.3 Å². The van der Waals surface area contributed by atoms with Crippen molar-refractivity contribution >= 4 is 102 Å². The molecule has 6 rings (SSSR count). The molecule has 33 nitrogen and oxygen atoms in total. The minimum atomic E-state index is -4.99. The molecule has 2 saturated heterocycles. The number of aromatic nitrogens is 8. The van der Waals surface area contributed by atoms with Crippen molar-refractivity contribution in [1.82, 2.24) is 59.8 Å². The second-order valence-electron chi connectivity index (χ2n) is 24.1. The number of hydrogen-bond donors (Lipinski definition) is 6. The minimum absolute atomic E-state index is 0.0165. The number of β-lactam (4-membered cyclic amide) rings is 2. The number of ether oxygens (including phenoxy) is 4. The van der Waals surface area contributed by atoms with Crippen molar-refractivity contribution in [2.45, 2.75) is 195 Å². The molecule has 0 bridgehead atoms. The number of amides is 6. The topological polar surface area (TPSA) is 422 Å². The molecule has 4 aromatic rings. The zero-order chi connectivity index (χ0) is 64.9. The zero-order valence-corrected chi connectivity index (χ0v) is 53.1. The van der Waals surface area contributed by atoms with Crippen LogP contribution in [-0.4, -0.2) is 174 Å². The first-order valence-electron chi connectivity index (χ1n) is 26.2. The van der Waals surface area contributed by atoms with Crippen LogP contribution in [0.3, 0.4) is 0 Å². The van der Waals surface area contributed by atoms with E-state index < -0.39 is 122 Å². The lowest BCUT2D eigenvalue weighted by atomic mass is 9.98. The number of carbonyl (C=O) groups excluding carboxylic acids is 8. The summed E-state index contributed by atoms with van der Waals surface area (Å²) in [5.74, 6) is -3.97. The molecule has 4 atom stereocenters. The van der Waals surface area contributed by atoms with E-state index in [0.717, 1.165) is 22.7 Å². The lowest BCUT2D eigenvalue weighted by Gasteiger charge is -2.43. The summed E-state index contributed by atoms with van der Waals surface area (Å²) in [6, 6.07) is -4.13. The minimum Gasteiger partial charge on any atom is -0.457 e. The third kappa shape index (κ3) is 19.9. The van der Waals surface area contributed by atoms with Crippen molar-refractivity contribution < 1.29 is 79.9 Å². The Balaban J connectivity index is 0.000000315. The van der Waals surface area contributed by atoms with Crippen LogP contribution in [0.25, 0.3) is 0 Å². The maximum Gasteiger partial charge on any atom is 0.413 e. The number of carbonyl (C=O) groups is 8. The normalized spacial score (nSPS) is 17.7. The molecule has 2 fully saturated rings. The smallest absolute Gasteiger partial charge is 0.413 e. The Bertz CT molecular complexity index is 3370. The quantitative estimate of drug-likeness (QED) is 0.0196. The van der Waals surface area contributed by atoms with Crippen molar-refractivity contribution in [3.8, 4) is 0 Å². The molecule has 0 spiro atoms. The SMILES string of the molecule is Cc1ncn(C[C@@H]2[C@H](NC(=O)/C(=N\OC(C)(C)C(=O)OC(C)(C)C)c3csc(NC(=O)OC(C)(C)C)n3)C(=O)N2S(=O)(=O)O)n1.Cc1ncn(C[C@H]2NC(=O)[C@H]2NC(=O)/C(=N\OC(C)(C)C(=O)OC(C)(C)C)c2csc(NC(=O)OC(C)(C)C)n2)n1. The van der Waals surface area contributed by atoms with Gasteiger partial charge in [0.15, 0.2) is 21.7 Å². The molecule has 2 aliphatic rings. The van der Waals surface area contributed by atoms with E-state index in [4.69, 9.17) is 28.6 Å². The average molecular weight is 1270 g/mol. The molecule has 6 N–H and O–H groups in total. The zero-order valence-electron chi connectivity index (χ0n) is 50.7.